The summed E-state index contributed by atoms with van der Waals surface area (Å²) in [5, 5.41) is 8.96. The summed E-state index contributed by atoms with van der Waals surface area (Å²) in [7, 11) is 0. The van der Waals surface area contributed by atoms with Crippen molar-refractivity contribution in [1.82, 2.24) is 0 Å². The van der Waals surface area contributed by atoms with Crippen LogP contribution < -0.4 is 16.4 Å². The van der Waals surface area contributed by atoms with E-state index in [1.165, 1.54) is 0 Å². The van der Waals surface area contributed by atoms with Gasteiger partial charge in [0.15, 0.2) is 0 Å². The molecule has 18 heavy (non-hydrogen) atoms. The minimum Gasteiger partial charge on any atom is -0.398 e. The zero-order chi connectivity index (χ0) is 13.1. The smallest absolute Gasteiger partial charge is 0.222 e. The molecule has 0 radical (unpaired) electrons. The summed E-state index contributed by atoms with van der Waals surface area (Å²) in [6, 6.07) is 7.43. The predicted octanol–water partition coefficient (Wildman–Crippen LogP) is 0.842. The molecule has 1 saturated heterocycles. The maximum absolute atomic E-state index is 11.2. The maximum Gasteiger partial charge on any atom is 0.222 e. The largest absolute Gasteiger partial charge is 0.398 e. The van der Waals surface area contributed by atoms with Gasteiger partial charge in [0.2, 0.25) is 5.91 Å². The van der Waals surface area contributed by atoms with Crippen molar-refractivity contribution in [3.63, 3.8) is 0 Å². The number of hydrogen-bond acceptors (Lipinski definition) is 4. The van der Waals surface area contributed by atoms with E-state index in [0.29, 0.717) is 17.8 Å². The van der Waals surface area contributed by atoms with E-state index in [0.717, 1.165) is 25.1 Å². The van der Waals surface area contributed by atoms with Gasteiger partial charge >= 0.3 is 0 Å². The minimum atomic E-state index is -0.254. The first-order valence-corrected chi connectivity index (χ1v) is 5.95. The van der Waals surface area contributed by atoms with E-state index < -0.39 is 0 Å². The SMILES string of the molecule is N#Cc1cc(N2CCCC(C(N)=O)C2)ccc1N. The van der Waals surface area contributed by atoms with Gasteiger partial charge in [-0.1, -0.05) is 0 Å². The van der Waals surface area contributed by atoms with Crippen LogP contribution in [0.4, 0.5) is 11.4 Å². The monoisotopic (exact) mass is 244 g/mol. The highest BCUT2D eigenvalue weighted by molar-refractivity contribution is 5.77. The number of primary amides is 1. The third-order valence-corrected chi connectivity index (χ3v) is 3.35. The zero-order valence-corrected chi connectivity index (χ0v) is 10.1. The summed E-state index contributed by atoms with van der Waals surface area (Å²) in [6.45, 7) is 1.49. The summed E-state index contributed by atoms with van der Waals surface area (Å²) in [5.74, 6) is -0.363. The Morgan fingerprint density at radius 2 is 2.28 bits per heavy atom. The van der Waals surface area contributed by atoms with Gasteiger partial charge in [-0.05, 0) is 31.0 Å². The van der Waals surface area contributed by atoms with Crippen molar-refractivity contribution in [1.29, 1.82) is 5.26 Å². The summed E-state index contributed by atoms with van der Waals surface area (Å²) in [5.41, 5.74) is 12.9. The third-order valence-electron chi connectivity index (χ3n) is 3.35. The lowest BCUT2D eigenvalue weighted by Gasteiger charge is -2.33. The van der Waals surface area contributed by atoms with Crippen LogP contribution in [-0.2, 0) is 4.79 Å². The van der Waals surface area contributed by atoms with E-state index in [4.69, 9.17) is 16.7 Å². The number of nitriles is 1. The molecule has 1 aliphatic rings. The van der Waals surface area contributed by atoms with Crippen molar-refractivity contribution in [3.8, 4) is 6.07 Å². The number of nitrogens with zero attached hydrogens (tertiary/aromatic N) is 2. The van der Waals surface area contributed by atoms with Crippen molar-refractivity contribution in [2.45, 2.75) is 12.8 Å². The first-order chi connectivity index (χ1) is 8.61. The van der Waals surface area contributed by atoms with Gasteiger partial charge in [0.1, 0.15) is 6.07 Å². The fourth-order valence-corrected chi connectivity index (χ4v) is 2.28. The summed E-state index contributed by atoms with van der Waals surface area (Å²) >= 11 is 0. The van der Waals surface area contributed by atoms with E-state index >= 15 is 0 Å². The average Bonchev–Trinajstić information content (AvgIpc) is 2.39. The lowest BCUT2D eigenvalue weighted by atomic mass is 9.97. The van der Waals surface area contributed by atoms with E-state index in [9.17, 15) is 4.79 Å². The Bertz CT molecular complexity index is 506. The molecule has 2 rings (SSSR count). The van der Waals surface area contributed by atoms with Crippen LogP contribution >= 0.6 is 0 Å². The van der Waals surface area contributed by atoms with Gasteiger partial charge in [-0.15, -0.1) is 0 Å². The zero-order valence-electron chi connectivity index (χ0n) is 10.1. The Morgan fingerprint density at radius 1 is 1.50 bits per heavy atom. The average molecular weight is 244 g/mol. The number of hydrogen-bond donors (Lipinski definition) is 2. The van der Waals surface area contributed by atoms with Gasteiger partial charge in [-0.3, -0.25) is 4.79 Å². The molecule has 0 spiro atoms. The van der Waals surface area contributed by atoms with Crippen molar-refractivity contribution in [2.24, 2.45) is 11.7 Å². The van der Waals surface area contributed by atoms with E-state index in [-0.39, 0.29) is 11.8 Å². The molecule has 1 aliphatic heterocycles. The van der Waals surface area contributed by atoms with Gasteiger partial charge in [0, 0.05) is 24.5 Å². The van der Waals surface area contributed by atoms with Crippen LogP contribution in [-0.4, -0.2) is 19.0 Å². The Morgan fingerprint density at radius 3 is 2.94 bits per heavy atom. The van der Waals surface area contributed by atoms with Crippen LogP contribution in [0.5, 0.6) is 0 Å². The number of nitrogen functional groups attached to an aromatic ring is 1. The van der Waals surface area contributed by atoms with Crippen LogP contribution in [0, 0.1) is 17.2 Å². The quantitative estimate of drug-likeness (QED) is 0.753. The second-order valence-corrected chi connectivity index (χ2v) is 4.57. The number of carbonyl (C=O) groups is 1. The van der Waals surface area contributed by atoms with E-state index in [2.05, 4.69) is 11.0 Å². The van der Waals surface area contributed by atoms with Gasteiger partial charge in [0.25, 0.3) is 0 Å². The fraction of sp³-hybridized carbons (Fsp3) is 0.385. The number of benzene rings is 1. The molecule has 1 unspecified atom stereocenters. The molecule has 0 bridgehead atoms. The first-order valence-electron chi connectivity index (χ1n) is 5.95. The standard InChI is InChI=1S/C13H16N4O/c14-7-10-6-11(3-4-12(10)15)17-5-1-2-9(8-17)13(16)18/h3-4,6,9H,1-2,5,8,15H2,(H2,16,18). The lowest BCUT2D eigenvalue weighted by Crippen LogP contribution is -2.41. The van der Waals surface area contributed by atoms with Gasteiger partial charge in [0.05, 0.1) is 11.5 Å². The molecule has 1 atom stereocenters. The molecule has 94 valence electrons. The fourth-order valence-electron chi connectivity index (χ4n) is 2.28. The molecule has 5 heteroatoms. The molecule has 0 saturated carbocycles. The summed E-state index contributed by atoms with van der Waals surface area (Å²) in [4.78, 5) is 13.3. The number of carbonyl (C=O) groups excluding carboxylic acids is 1. The van der Waals surface area contributed by atoms with Crippen molar-refractivity contribution >= 4 is 17.3 Å². The van der Waals surface area contributed by atoms with Crippen molar-refractivity contribution in [3.05, 3.63) is 23.8 Å². The Hall–Kier alpha value is -2.22. The lowest BCUT2D eigenvalue weighted by molar-refractivity contribution is -0.122. The topological polar surface area (TPSA) is 96.1 Å². The Kier molecular flexibility index (Phi) is 3.38. The summed E-state index contributed by atoms with van der Waals surface area (Å²) in [6.07, 6.45) is 1.77. The first kappa shape index (κ1) is 12.2. The van der Waals surface area contributed by atoms with Crippen LogP contribution in [0.2, 0.25) is 0 Å². The minimum absolute atomic E-state index is 0.109. The van der Waals surface area contributed by atoms with E-state index in [1.807, 2.05) is 6.07 Å². The molecule has 1 aromatic carbocycles. The highest BCUT2D eigenvalue weighted by Gasteiger charge is 2.24. The predicted molar refractivity (Wildman–Crippen MR) is 69.7 cm³/mol. The molecule has 0 aliphatic carbocycles. The van der Waals surface area contributed by atoms with Crippen molar-refractivity contribution in [2.75, 3.05) is 23.7 Å². The van der Waals surface area contributed by atoms with E-state index in [1.54, 1.807) is 12.1 Å². The van der Waals surface area contributed by atoms with Gasteiger partial charge in [-0.25, -0.2) is 0 Å². The van der Waals surface area contributed by atoms with Gasteiger partial charge < -0.3 is 16.4 Å². The molecule has 4 N–H and O–H groups in total. The Labute approximate surface area is 106 Å². The molecule has 5 nitrogen and oxygen atoms in total. The van der Waals surface area contributed by atoms with Crippen molar-refractivity contribution < 1.29 is 4.79 Å². The number of rotatable bonds is 2. The van der Waals surface area contributed by atoms with Crippen LogP contribution in [0.25, 0.3) is 0 Å². The molecule has 1 fully saturated rings. The highest BCUT2D eigenvalue weighted by Crippen LogP contribution is 2.25. The molecular weight excluding hydrogens is 228 g/mol. The second kappa shape index (κ2) is 4.96. The summed E-state index contributed by atoms with van der Waals surface area (Å²) < 4.78 is 0. The molecule has 1 heterocycles. The number of anilines is 2. The normalized spacial score (nSPS) is 19.3. The number of nitrogens with two attached hydrogens (primary N) is 2. The molecule has 1 aromatic rings. The second-order valence-electron chi connectivity index (χ2n) is 4.57. The third kappa shape index (κ3) is 2.38. The highest BCUT2D eigenvalue weighted by atomic mass is 16.1. The number of piperidine rings is 1. The van der Waals surface area contributed by atoms with Crippen LogP contribution in [0.1, 0.15) is 18.4 Å². The molecule has 0 aromatic heterocycles. The van der Waals surface area contributed by atoms with Gasteiger partial charge in [-0.2, -0.15) is 5.26 Å². The van der Waals surface area contributed by atoms with Crippen LogP contribution in [0.3, 0.4) is 0 Å². The molecule has 1 amide bonds. The van der Waals surface area contributed by atoms with Crippen LogP contribution in [0.15, 0.2) is 18.2 Å². The molecular formula is C13H16N4O. The number of amides is 1. The Balaban J connectivity index is 2.21. The maximum atomic E-state index is 11.2.